The summed E-state index contributed by atoms with van der Waals surface area (Å²) in [5.74, 6) is 1.38. The van der Waals surface area contributed by atoms with Gasteiger partial charge in [-0.25, -0.2) is 0 Å². The van der Waals surface area contributed by atoms with Crippen LogP contribution in [0.25, 0.3) is 0 Å². The summed E-state index contributed by atoms with van der Waals surface area (Å²) in [7, 11) is 0. The average Bonchev–Trinajstić information content (AvgIpc) is 2.54. The number of aliphatic hydroxyl groups is 1. The fourth-order valence-electron chi connectivity index (χ4n) is 3.43. The molecule has 1 unspecified atom stereocenters. The van der Waals surface area contributed by atoms with E-state index in [4.69, 9.17) is 9.84 Å². The highest BCUT2D eigenvalue weighted by molar-refractivity contribution is 5.39. The molecule has 0 saturated carbocycles. The SMILES string of the molecule is OCCOc1cncc(N2CCCC3(CC=CCC3)C2)n1. The van der Waals surface area contributed by atoms with E-state index >= 15 is 0 Å². The molecule has 2 heterocycles. The summed E-state index contributed by atoms with van der Waals surface area (Å²) in [6.45, 7) is 2.33. The highest BCUT2D eigenvalue weighted by Crippen LogP contribution is 2.41. The average molecular weight is 289 g/mol. The quantitative estimate of drug-likeness (QED) is 0.861. The first kappa shape index (κ1) is 14.3. The summed E-state index contributed by atoms with van der Waals surface area (Å²) < 4.78 is 5.36. The van der Waals surface area contributed by atoms with E-state index in [1.165, 1.54) is 32.1 Å². The fourth-order valence-corrected chi connectivity index (χ4v) is 3.43. The number of hydrogen-bond acceptors (Lipinski definition) is 5. The van der Waals surface area contributed by atoms with Gasteiger partial charge in [-0.3, -0.25) is 4.98 Å². The number of ether oxygens (including phenoxy) is 1. The molecule has 2 aliphatic rings. The fraction of sp³-hybridized carbons (Fsp3) is 0.625. The summed E-state index contributed by atoms with van der Waals surface area (Å²) >= 11 is 0. The third-order valence-electron chi connectivity index (χ3n) is 4.49. The van der Waals surface area contributed by atoms with Gasteiger partial charge >= 0.3 is 0 Å². The van der Waals surface area contributed by atoms with E-state index in [0.717, 1.165) is 18.9 Å². The molecule has 5 heteroatoms. The first-order valence-electron chi connectivity index (χ1n) is 7.77. The van der Waals surface area contributed by atoms with Crippen molar-refractivity contribution in [2.24, 2.45) is 5.41 Å². The monoisotopic (exact) mass is 289 g/mol. The van der Waals surface area contributed by atoms with Crippen molar-refractivity contribution in [1.29, 1.82) is 0 Å². The van der Waals surface area contributed by atoms with Crippen LogP contribution in [0.3, 0.4) is 0 Å². The van der Waals surface area contributed by atoms with Crippen molar-refractivity contribution >= 4 is 5.82 Å². The van der Waals surface area contributed by atoms with Crippen molar-refractivity contribution in [2.45, 2.75) is 32.1 Å². The molecule has 1 N–H and O–H groups in total. The van der Waals surface area contributed by atoms with Gasteiger partial charge in [0, 0.05) is 13.1 Å². The highest BCUT2D eigenvalue weighted by Gasteiger charge is 2.35. The Morgan fingerprint density at radius 2 is 2.24 bits per heavy atom. The molecule has 1 aliphatic heterocycles. The molecule has 3 rings (SSSR count). The van der Waals surface area contributed by atoms with Crippen LogP contribution in [0.15, 0.2) is 24.5 Å². The van der Waals surface area contributed by atoms with Gasteiger partial charge in [0.15, 0.2) is 5.82 Å². The molecule has 1 aromatic rings. The van der Waals surface area contributed by atoms with Crippen LogP contribution in [0.1, 0.15) is 32.1 Å². The molecule has 0 amide bonds. The van der Waals surface area contributed by atoms with Gasteiger partial charge in [-0.2, -0.15) is 4.98 Å². The van der Waals surface area contributed by atoms with Crippen molar-refractivity contribution < 1.29 is 9.84 Å². The number of nitrogens with zero attached hydrogens (tertiary/aromatic N) is 3. The molecule has 1 aromatic heterocycles. The van der Waals surface area contributed by atoms with Gasteiger partial charge < -0.3 is 14.7 Å². The predicted octanol–water partition coefficient (Wildman–Crippen LogP) is 2.17. The predicted molar refractivity (Wildman–Crippen MR) is 81.5 cm³/mol. The van der Waals surface area contributed by atoms with E-state index in [1.807, 2.05) is 6.20 Å². The van der Waals surface area contributed by atoms with Gasteiger partial charge in [-0.15, -0.1) is 0 Å². The van der Waals surface area contributed by atoms with Crippen molar-refractivity contribution in [2.75, 3.05) is 31.2 Å². The van der Waals surface area contributed by atoms with Crippen LogP contribution < -0.4 is 9.64 Å². The Hall–Kier alpha value is -1.62. The molecule has 0 bridgehead atoms. The second-order valence-electron chi connectivity index (χ2n) is 6.03. The van der Waals surface area contributed by atoms with Crippen LogP contribution in [0.4, 0.5) is 5.82 Å². The third kappa shape index (κ3) is 3.35. The molecule has 0 aromatic carbocycles. The minimum atomic E-state index is -0.00886. The Bertz CT molecular complexity index is 506. The molecule has 1 aliphatic carbocycles. The molecular weight excluding hydrogens is 266 g/mol. The molecular formula is C16H23N3O2. The minimum absolute atomic E-state index is 0.00886. The Morgan fingerprint density at radius 3 is 3.05 bits per heavy atom. The summed E-state index contributed by atoms with van der Waals surface area (Å²) in [5.41, 5.74) is 0.413. The zero-order valence-electron chi connectivity index (χ0n) is 12.4. The molecule has 1 fully saturated rings. The highest BCUT2D eigenvalue weighted by atomic mass is 16.5. The first-order chi connectivity index (χ1) is 10.3. The Kier molecular flexibility index (Phi) is 4.39. The molecule has 114 valence electrons. The lowest BCUT2D eigenvalue weighted by atomic mass is 9.71. The second kappa shape index (κ2) is 6.43. The van der Waals surface area contributed by atoms with Crippen molar-refractivity contribution in [3.63, 3.8) is 0 Å². The second-order valence-corrected chi connectivity index (χ2v) is 6.03. The third-order valence-corrected chi connectivity index (χ3v) is 4.49. The summed E-state index contributed by atoms with van der Waals surface area (Å²) in [6, 6.07) is 0. The topological polar surface area (TPSA) is 58.5 Å². The van der Waals surface area contributed by atoms with Crippen LogP contribution in [-0.2, 0) is 0 Å². The minimum Gasteiger partial charge on any atom is -0.474 e. The lowest BCUT2D eigenvalue weighted by molar-refractivity contribution is 0.195. The molecule has 1 saturated heterocycles. The molecule has 0 radical (unpaired) electrons. The van der Waals surface area contributed by atoms with E-state index in [-0.39, 0.29) is 13.2 Å². The zero-order valence-corrected chi connectivity index (χ0v) is 12.4. The summed E-state index contributed by atoms with van der Waals surface area (Å²) in [5, 5.41) is 8.82. The first-order valence-corrected chi connectivity index (χ1v) is 7.77. The zero-order chi connectivity index (χ0) is 14.5. The Morgan fingerprint density at radius 1 is 1.29 bits per heavy atom. The van der Waals surface area contributed by atoms with Gasteiger partial charge in [0.1, 0.15) is 6.61 Å². The van der Waals surface area contributed by atoms with Crippen LogP contribution in [0.5, 0.6) is 5.88 Å². The molecule has 5 nitrogen and oxygen atoms in total. The number of rotatable bonds is 4. The Balaban J connectivity index is 1.72. The molecule has 21 heavy (non-hydrogen) atoms. The summed E-state index contributed by atoms with van der Waals surface area (Å²) in [6.07, 6.45) is 14.2. The summed E-state index contributed by atoms with van der Waals surface area (Å²) in [4.78, 5) is 11.1. The number of hydrogen-bond donors (Lipinski definition) is 1. The van der Waals surface area contributed by atoms with E-state index in [2.05, 4.69) is 27.0 Å². The van der Waals surface area contributed by atoms with E-state index in [9.17, 15) is 0 Å². The maximum atomic E-state index is 8.82. The standard InChI is InChI=1S/C16H23N3O2/c20-9-10-21-15-12-17-11-14(18-15)19-8-4-7-16(13-19)5-2-1-3-6-16/h1-2,11-12,20H,3-10,13H2. The number of aromatic nitrogens is 2. The maximum Gasteiger partial charge on any atom is 0.234 e. The van der Waals surface area contributed by atoms with Gasteiger partial charge in [-0.1, -0.05) is 12.2 Å². The maximum absolute atomic E-state index is 8.82. The normalized spacial score (nSPS) is 25.3. The van der Waals surface area contributed by atoms with Crippen LogP contribution in [0.2, 0.25) is 0 Å². The lowest BCUT2D eigenvalue weighted by Gasteiger charge is -2.44. The molecule has 1 spiro atoms. The van der Waals surface area contributed by atoms with Gasteiger partial charge in [0.05, 0.1) is 19.0 Å². The van der Waals surface area contributed by atoms with Gasteiger partial charge in [0.2, 0.25) is 5.88 Å². The number of aliphatic hydroxyl groups excluding tert-OH is 1. The Labute approximate surface area is 125 Å². The van der Waals surface area contributed by atoms with E-state index < -0.39 is 0 Å². The smallest absolute Gasteiger partial charge is 0.234 e. The van der Waals surface area contributed by atoms with Crippen LogP contribution in [0, 0.1) is 5.41 Å². The van der Waals surface area contributed by atoms with Crippen LogP contribution >= 0.6 is 0 Å². The number of piperidine rings is 1. The van der Waals surface area contributed by atoms with Crippen molar-refractivity contribution in [3.8, 4) is 5.88 Å². The lowest BCUT2D eigenvalue weighted by Crippen LogP contribution is -2.44. The van der Waals surface area contributed by atoms with Crippen molar-refractivity contribution in [1.82, 2.24) is 9.97 Å². The van der Waals surface area contributed by atoms with E-state index in [0.29, 0.717) is 11.3 Å². The van der Waals surface area contributed by atoms with Gasteiger partial charge in [0.25, 0.3) is 0 Å². The largest absolute Gasteiger partial charge is 0.474 e. The van der Waals surface area contributed by atoms with Crippen LogP contribution in [-0.4, -0.2) is 41.4 Å². The number of anilines is 1. The molecule has 1 atom stereocenters. The van der Waals surface area contributed by atoms with Gasteiger partial charge in [-0.05, 0) is 37.5 Å². The van der Waals surface area contributed by atoms with E-state index in [1.54, 1.807) is 6.20 Å². The number of allylic oxidation sites excluding steroid dienone is 2. The van der Waals surface area contributed by atoms with Crippen molar-refractivity contribution in [3.05, 3.63) is 24.5 Å².